The van der Waals surface area contributed by atoms with Gasteiger partial charge in [-0.1, -0.05) is 24.3 Å². The van der Waals surface area contributed by atoms with Crippen LogP contribution in [0.15, 0.2) is 48.8 Å². The van der Waals surface area contributed by atoms with E-state index in [1.165, 1.54) is 0 Å². The Hall–Kier alpha value is -2.40. The third-order valence-electron chi connectivity index (χ3n) is 5.19. The molecule has 26 heavy (non-hydrogen) atoms. The van der Waals surface area contributed by atoms with Crippen molar-refractivity contribution in [1.82, 2.24) is 9.88 Å². The summed E-state index contributed by atoms with van der Waals surface area (Å²) in [6.07, 6.45) is 6.35. The third kappa shape index (κ3) is 3.88. The molecular weight excluding hydrogens is 328 g/mol. The molecule has 1 aromatic heterocycles. The first-order valence-corrected chi connectivity index (χ1v) is 9.29. The van der Waals surface area contributed by atoms with E-state index in [9.17, 15) is 4.79 Å². The number of piperidine rings is 1. The smallest absolute Gasteiger partial charge is 0.229 e. The summed E-state index contributed by atoms with van der Waals surface area (Å²) in [6.45, 7) is 2.58. The second kappa shape index (κ2) is 7.87. The van der Waals surface area contributed by atoms with Gasteiger partial charge in [-0.3, -0.25) is 9.78 Å². The number of rotatable bonds is 4. The number of aromatic nitrogens is 1. The number of carbonyl (C=O) groups is 1. The molecule has 1 aromatic carbocycles. The largest absolute Gasteiger partial charge is 0.492 e. The fourth-order valence-electron chi connectivity index (χ4n) is 3.69. The first kappa shape index (κ1) is 17.0. The lowest BCUT2D eigenvalue weighted by Crippen LogP contribution is -2.46. The number of benzene rings is 1. The highest BCUT2D eigenvalue weighted by Gasteiger charge is 2.31. The normalized spacial score (nSPS) is 20.3. The Morgan fingerprint density at radius 2 is 2.04 bits per heavy atom. The van der Waals surface area contributed by atoms with Crippen LogP contribution in [0.3, 0.4) is 0 Å². The summed E-state index contributed by atoms with van der Waals surface area (Å²) in [5.41, 5.74) is 2.22. The number of amides is 1. The van der Waals surface area contributed by atoms with Gasteiger partial charge >= 0.3 is 0 Å². The van der Waals surface area contributed by atoms with Gasteiger partial charge in [0.15, 0.2) is 0 Å². The maximum Gasteiger partial charge on any atom is 0.229 e. The summed E-state index contributed by atoms with van der Waals surface area (Å²) in [5, 5.41) is 0. The van der Waals surface area contributed by atoms with E-state index >= 15 is 0 Å². The zero-order valence-electron chi connectivity index (χ0n) is 14.8. The number of nitrogens with zero attached hydrogens (tertiary/aromatic N) is 2. The summed E-state index contributed by atoms with van der Waals surface area (Å²) in [6, 6.07) is 11.9. The summed E-state index contributed by atoms with van der Waals surface area (Å²) < 4.78 is 11.8. The molecule has 2 aromatic rings. The van der Waals surface area contributed by atoms with Crippen molar-refractivity contribution in [2.45, 2.75) is 32.0 Å². The molecule has 0 aliphatic carbocycles. The molecule has 1 atom stereocenters. The van der Waals surface area contributed by atoms with Gasteiger partial charge in [0.25, 0.3) is 0 Å². The maximum atomic E-state index is 12.8. The SMILES string of the molecule is O=C([C@@H]1COc2ccccc2C1)N1CCC(OCc2cccnc2)CC1. The van der Waals surface area contributed by atoms with Crippen molar-refractivity contribution in [3.05, 3.63) is 59.9 Å². The molecule has 0 radical (unpaired) electrons. The van der Waals surface area contributed by atoms with Gasteiger partial charge in [-0.15, -0.1) is 0 Å². The molecule has 0 N–H and O–H groups in total. The molecule has 2 aliphatic rings. The minimum Gasteiger partial charge on any atom is -0.492 e. The quantitative estimate of drug-likeness (QED) is 0.849. The second-order valence-corrected chi connectivity index (χ2v) is 7.02. The molecule has 0 saturated carbocycles. The number of likely N-dealkylation sites (tertiary alicyclic amines) is 1. The van der Waals surface area contributed by atoms with Crippen LogP contribution in [0.5, 0.6) is 5.75 Å². The van der Waals surface area contributed by atoms with E-state index in [1.54, 1.807) is 6.20 Å². The van der Waals surface area contributed by atoms with Gasteiger partial charge in [0, 0.05) is 25.5 Å². The number of para-hydroxylation sites is 1. The minimum absolute atomic E-state index is 0.0715. The molecule has 5 heteroatoms. The van der Waals surface area contributed by atoms with Crippen LogP contribution in [0.2, 0.25) is 0 Å². The highest BCUT2D eigenvalue weighted by atomic mass is 16.5. The lowest BCUT2D eigenvalue weighted by atomic mass is 9.94. The van der Waals surface area contributed by atoms with Gasteiger partial charge in [0.2, 0.25) is 5.91 Å². The number of hydrogen-bond donors (Lipinski definition) is 0. The van der Waals surface area contributed by atoms with Gasteiger partial charge < -0.3 is 14.4 Å². The summed E-state index contributed by atoms with van der Waals surface area (Å²) in [5.74, 6) is 1.06. The zero-order chi connectivity index (χ0) is 17.8. The Kier molecular flexibility index (Phi) is 5.16. The van der Waals surface area contributed by atoms with Crippen LogP contribution in [0, 0.1) is 5.92 Å². The van der Waals surface area contributed by atoms with E-state index in [2.05, 4.69) is 4.98 Å². The number of pyridine rings is 1. The molecule has 1 amide bonds. The van der Waals surface area contributed by atoms with E-state index in [0.717, 1.165) is 49.2 Å². The first-order valence-electron chi connectivity index (χ1n) is 9.29. The van der Waals surface area contributed by atoms with Crippen molar-refractivity contribution in [2.75, 3.05) is 19.7 Å². The van der Waals surface area contributed by atoms with Crippen molar-refractivity contribution in [3.63, 3.8) is 0 Å². The van der Waals surface area contributed by atoms with E-state index < -0.39 is 0 Å². The third-order valence-corrected chi connectivity index (χ3v) is 5.19. The molecule has 1 fully saturated rings. The Morgan fingerprint density at radius 1 is 1.19 bits per heavy atom. The van der Waals surface area contributed by atoms with Crippen molar-refractivity contribution in [3.8, 4) is 5.75 Å². The van der Waals surface area contributed by atoms with Gasteiger partial charge in [-0.25, -0.2) is 0 Å². The van der Waals surface area contributed by atoms with Crippen LogP contribution >= 0.6 is 0 Å². The Labute approximate surface area is 153 Å². The first-order chi connectivity index (χ1) is 12.8. The van der Waals surface area contributed by atoms with Crippen LogP contribution < -0.4 is 4.74 Å². The Balaban J connectivity index is 1.26. The standard InChI is InChI=1S/C21H24N2O3/c24-21(18-12-17-5-1-2-6-20(17)26-15-18)23-10-7-19(8-11-23)25-14-16-4-3-9-22-13-16/h1-6,9,13,18-19H,7-8,10-12,14-15H2/t18-/m0/s1. The molecule has 3 heterocycles. The maximum absolute atomic E-state index is 12.8. The summed E-state index contributed by atoms with van der Waals surface area (Å²) in [4.78, 5) is 18.9. The average Bonchev–Trinajstić information content (AvgIpc) is 2.72. The highest BCUT2D eigenvalue weighted by Crippen LogP contribution is 2.28. The van der Waals surface area contributed by atoms with Crippen molar-refractivity contribution in [1.29, 1.82) is 0 Å². The number of carbonyl (C=O) groups excluding carboxylic acids is 1. The predicted octanol–water partition coefficient (Wildman–Crippen LogP) is 2.84. The number of hydrogen-bond acceptors (Lipinski definition) is 4. The van der Waals surface area contributed by atoms with Crippen molar-refractivity contribution in [2.24, 2.45) is 5.92 Å². The van der Waals surface area contributed by atoms with Crippen LogP contribution in [-0.4, -0.2) is 41.6 Å². The molecule has 0 unspecified atom stereocenters. The van der Waals surface area contributed by atoms with Gasteiger partial charge in [-0.05, 0) is 42.5 Å². The molecule has 0 bridgehead atoms. The molecule has 5 nitrogen and oxygen atoms in total. The predicted molar refractivity (Wildman–Crippen MR) is 97.8 cm³/mol. The summed E-state index contributed by atoms with van der Waals surface area (Å²) in [7, 11) is 0. The van der Waals surface area contributed by atoms with Crippen LogP contribution in [0.4, 0.5) is 0 Å². The van der Waals surface area contributed by atoms with Crippen LogP contribution in [0.1, 0.15) is 24.0 Å². The lowest BCUT2D eigenvalue weighted by Gasteiger charge is -2.35. The van der Waals surface area contributed by atoms with E-state index in [4.69, 9.17) is 9.47 Å². The zero-order valence-corrected chi connectivity index (χ0v) is 14.8. The molecule has 136 valence electrons. The Morgan fingerprint density at radius 3 is 2.85 bits per heavy atom. The van der Waals surface area contributed by atoms with Gasteiger partial charge in [0.1, 0.15) is 12.4 Å². The van der Waals surface area contributed by atoms with E-state index in [1.807, 2.05) is 47.5 Å². The fraction of sp³-hybridized carbons (Fsp3) is 0.429. The average molecular weight is 352 g/mol. The van der Waals surface area contributed by atoms with Crippen molar-refractivity contribution >= 4 is 5.91 Å². The fourth-order valence-corrected chi connectivity index (χ4v) is 3.69. The lowest BCUT2D eigenvalue weighted by molar-refractivity contribution is -0.139. The molecule has 2 aliphatic heterocycles. The molecule has 4 rings (SSSR count). The van der Waals surface area contributed by atoms with Gasteiger partial charge in [0.05, 0.1) is 18.6 Å². The number of ether oxygens (including phenoxy) is 2. The minimum atomic E-state index is -0.0715. The second-order valence-electron chi connectivity index (χ2n) is 7.02. The summed E-state index contributed by atoms with van der Waals surface area (Å²) >= 11 is 0. The monoisotopic (exact) mass is 352 g/mol. The molecule has 1 saturated heterocycles. The van der Waals surface area contributed by atoms with Crippen LogP contribution in [0.25, 0.3) is 0 Å². The topological polar surface area (TPSA) is 51.7 Å². The van der Waals surface area contributed by atoms with Crippen LogP contribution in [-0.2, 0) is 22.6 Å². The highest BCUT2D eigenvalue weighted by molar-refractivity contribution is 5.80. The van der Waals surface area contributed by atoms with E-state index in [0.29, 0.717) is 13.2 Å². The van der Waals surface area contributed by atoms with Crippen molar-refractivity contribution < 1.29 is 14.3 Å². The molecule has 0 spiro atoms. The van der Waals surface area contributed by atoms with Gasteiger partial charge in [-0.2, -0.15) is 0 Å². The number of fused-ring (bicyclic) bond motifs is 1. The van der Waals surface area contributed by atoms with E-state index in [-0.39, 0.29) is 17.9 Å². The Bertz CT molecular complexity index is 742. The molecular formula is C21H24N2O3.